The fourth-order valence-electron chi connectivity index (χ4n) is 3.45. The summed E-state index contributed by atoms with van der Waals surface area (Å²) in [5.74, 6) is -0.0412. The number of hydrogen-bond donors (Lipinski definition) is 1. The highest BCUT2D eigenvalue weighted by molar-refractivity contribution is 6.31. The number of halogens is 1. The molecule has 0 unspecified atom stereocenters. The lowest BCUT2D eigenvalue weighted by Crippen LogP contribution is -2.25. The number of amides is 2. The SMILES string of the molecule is CC(=O)N1CCc2cc(NC(=O)C[C@H](C)n3nc(C)c(Cl)c3C)ccc21. The molecule has 1 N–H and O–H groups in total. The van der Waals surface area contributed by atoms with Crippen LogP contribution in [0.1, 0.15) is 43.3 Å². The third-order valence-corrected chi connectivity index (χ3v) is 5.32. The van der Waals surface area contributed by atoms with Crippen molar-refractivity contribution in [3.63, 3.8) is 0 Å². The zero-order chi connectivity index (χ0) is 19.0. The van der Waals surface area contributed by atoms with E-state index in [0.29, 0.717) is 18.0 Å². The molecule has 1 aromatic heterocycles. The average Bonchev–Trinajstić information content (AvgIpc) is 3.11. The quantitative estimate of drug-likeness (QED) is 0.888. The molecular formula is C19H23ClN4O2. The van der Waals surface area contributed by atoms with Crippen LogP contribution in [0.25, 0.3) is 0 Å². The molecule has 1 aromatic carbocycles. The molecule has 7 heteroatoms. The van der Waals surface area contributed by atoms with Gasteiger partial charge in [0.2, 0.25) is 11.8 Å². The van der Waals surface area contributed by atoms with E-state index in [0.717, 1.165) is 34.7 Å². The highest BCUT2D eigenvalue weighted by Crippen LogP contribution is 2.31. The smallest absolute Gasteiger partial charge is 0.226 e. The highest BCUT2D eigenvalue weighted by atomic mass is 35.5. The van der Waals surface area contributed by atoms with Crippen molar-refractivity contribution < 1.29 is 9.59 Å². The van der Waals surface area contributed by atoms with Gasteiger partial charge in [0.1, 0.15) is 0 Å². The molecule has 1 aliphatic heterocycles. The number of aryl methyl sites for hydroxylation is 1. The second-order valence-electron chi connectivity index (χ2n) is 6.79. The molecule has 6 nitrogen and oxygen atoms in total. The molecule has 1 atom stereocenters. The van der Waals surface area contributed by atoms with E-state index >= 15 is 0 Å². The molecule has 3 rings (SSSR count). The monoisotopic (exact) mass is 374 g/mol. The molecule has 1 aliphatic rings. The Labute approximate surface area is 158 Å². The zero-order valence-electron chi connectivity index (χ0n) is 15.5. The number of aromatic nitrogens is 2. The van der Waals surface area contributed by atoms with Crippen LogP contribution in [0.15, 0.2) is 18.2 Å². The normalized spacial score (nSPS) is 14.3. The summed E-state index contributed by atoms with van der Waals surface area (Å²) in [6.45, 7) is 7.96. The number of hydrogen-bond acceptors (Lipinski definition) is 3. The maximum Gasteiger partial charge on any atom is 0.226 e. The van der Waals surface area contributed by atoms with Crippen molar-refractivity contribution in [2.75, 3.05) is 16.8 Å². The van der Waals surface area contributed by atoms with Gasteiger partial charge in [-0.2, -0.15) is 5.10 Å². The van der Waals surface area contributed by atoms with E-state index in [1.165, 1.54) is 0 Å². The van der Waals surface area contributed by atoms with E-state index < -0.39 is 0 Å². The number of benzene rings is 1. The highest BCUT2D eigenvalue weighted by Gasteiger charge is 2.23. The Morgan fingerprint density at radius 3 is 2.69 bits per heavy atom. The van der Waals surface area contributed by atoms with Crippen LogP contribution in [0.5, 0.6) is 0 Å². The van der Waals surface area contributed by atoms with Crippen molar-refractivity contribution in [1.82, 2.24) is 9.78 Å². The molecule has 0 radical (unpaired) electrons. The molecule has 0 fully saturated rings. The second-order valence-corrected chi connectivity index (χ2v) is 7.17. The minimum absolute atomic E-state index is 0.0397. The Morgan fingerprint density at radius 1 is 1.35 bits per heavy atom. The first kappa shape index (κ1) is 18.5. The lowest BCUT2D eigenvalue weighted by molar-refractivity contribution is -0.117. The van der Waals surface area contributed by atoms with Crippen molar-refractivity contribution in [1.29, 1.82) is 0 Å². The van der Waals surface area contributed by atoms with Crippen LogP contribution in [0.4, 0.5) is 11.4 Å². The Bertz CT molecular complexity index is 875. The van der Waals surface area contributed by atoms with Crippen molar-refractivity contribution in [3.05, 3.63) is 40.2 Å². The topological polar surface area (TPSA) is 67.2 Å². The second kappa shape index (κ2) is 7.11. The fraction of sp³-hybridized carbons (Fsp3) is 0.421. The van der Waals surface area contributed by atoms with Gasteiger partial charge in [0.25, 0.3) is 0 Å². The number of rotatable bonds is 4. The molecule has 0 saturated heterocycles. The first-order valence-corrected chi connectivity index (χ1v) is 9.07. The Balaban J connectivity index is 1.67. The van der Waals surface area contributed by atoms with Crippen molar-refractivity contribution >= 4 is 34.8 Å². The third-order valence-electron chi connectivity index (χ3n) is 4.77. The third kappa shape index (κ3) is 3.46. The molecule has 26 heavy (non-hydrogen) atoms. The van der Waals surface area contributed by atoms with E-state index in [1.54, 1.807) is 16.5 Å². The van der Waals surface area contributed by atoms with Gasteiger partial charge in [-0.15, -0.1) is 0 Å². The molecule has 2 aromatic rings. The summed E-state index contributed by atoms with van der Waals surface area (Å²) >= 11 is 6.19. The minimum Gasteiger partial charge on any atom is -0.326 e. The lowest BCUT2D eigenvalue weighted by atomic mass is 10.1. The first-order chi connectivity index (χ1) is 12.3. The Hall–Kier alpha value is -2.34. The van der Waals surface area contributed by atoms with Gasteiger partial charge in [0.05, 0.1) is 22.5 Å². The van der Waals surface area contributed by atoms with E-state index in [4.69, 9.17) is 11.6 Å². The summed E-state index contributed by atoms with van der Waals surface area (Å²) in [4.78, 5) is 25.8. The molecule has 0 saturated carbocycles. The van der Waals surface area contributed by atoms with Crippen LogP contribution >= 0.6 is 11.6 Å². The van der Waals surface area contributed by atoms with Gasteiger partial charge < -0.3 is 10.2 Å². The fourth-order valence-corrected chi connectivity index (χ4v) is 3.57. The number of anilines is 2. The van der Waals surface area contributed by atoms with Crippen LogP contribution < -0.4 is 10.2 Å². The largest absolute Gasteiger partial charge is 0.326 e. The maximum absolute atomic E-state index is 12.4. The molecule has 2 amide bonds. The molecule has 138 valence electrons. The molecular weight excluding hydrogens is 352 g/mol. The molecule has 2 heterocycles. The summed E-state index contributed by atoms with van der Waals surface area (Å²) in [5.41, 5.74) is 4.40. The van der Waals surface area contributed by atoms with Gasteiger partial charge in [-0.05, 0) is 51.0 Å². The van der Waals surface area contributed by atoms with E-state index in [2.05, 4.69) is 10.4 Å². The maximum atomic E-state index is 12.4. The van der Waals surface area contributed by atoms with Gasteiger partial charge in [-0.25, -0.2) is 0 Å². The van der Waals surface area contributed by atoms with Crippen LogP contribution in [-0.4, -0.2) is 28.1 Å². The zero-order valence-corrected chi connectivity index (χ0v) is 16.2. The standard InChI is InChI=1S/C19H23ClN4O2/c1-11(24-13(3)19(20)12(2)22-24)9-18(26)21-16-5-6-17-15(10-16)7-8-23(17)14(4)25/h5-6,10-11H,7-9H2,1-4H3,(H,21,26)/t11-/m0/s1. The summed E-state index contributed by atoms with van der Waals surface area (Å²) in [7, 11) is 0. The average molecular weight is 375 g/mol. The van der Waals surface area contributed by atoms with Crippen molar-refractivity contribution in [2.45, 2.75) is 46.6 Å². The summed E-state index contributed by atoms with van der Waals surface area (Å²) in [5, 5.41) is 7.99. The molecule has 0 aliphatic carbocycles. The Kier molecular flexibility index (Phi) is 5.05. The van der Waals surface area contributed by atoms with Gasteiger partial charge in [-0.3, -0.25) is 14.3 Å². The van der Waals surface area contributed by atoms with Crippen LogP contribution in [0, 0.1) is 13.8 Å². The van der Waals surface area contributed by atoms with Crippen LogP contribution in [0.2, 0.25) is 5.02 Å². The summed E-state index contributed by atoms with van der Waals surface area (Å²) < 4.78 is 1.80. The number of carbonyl (C=O) groups excluding carboxylic acids is 2. The number of nitrogens with zero attached hydrogens (tertiary/aromatic N) is 3. The predicted octanol–water partition coefficient (Wildman–Crippen LogP) is 3.65. The van der Waals surface area contributed by atoms with Crippen LogP contribution in [-0.2, 0) is 16.0 Å². The first-order valence-electron chi connectivity index (χ1n) is 8.70. The van der Waals surface area contributed by atoms with Crippen LogP contribution in [0.3, 0.4) is 0 Å². The van der Waals surface area contributed by atoms with Gasteiger partial charge in [0.15, 0.2) is 0 Å². The van der Waals surface area contributed by atoms with E-state index in [9.17, 15) is 9.59 Å². The van der Waals surface area contributed by atoms with Crippen molar-refractivity contribution in [3.8, 4) is 0 Å². The Morgan fingerprint density at radius 2 is 2.08 bits per heavy atom. The number of fused-ring (bicyclic) bond motifs is 1. The molecule has 0 bridgehead atoms. The predicted molar refractivity (Wildman–Crippen MR) is 103 cm³/mol. The number of nitrogens with one attached hydrogen (secondary N) is 1. The molecule has 0 spiro atoms. The van der Waals surface area contributed by atoms with Gasteiger partial charge in [0, 0.05) is 31.3 Å². The van der Waals surface area contributed by atoms with Gasteiger partial charge in [-0.1, -0.05) is 11.6 Å². The lowest BCUT2D eigenvalue weighted by Gasteiger charge is -2.16. The van der Waals surface area contributed by atoms with Crippen molar-refractivity contribution in [2.24, 2.45) is 0 Å². The minimum atomic E-state index is -0.0937. The van der Waals surface area contributed by atoms with Gasteiger partial charge >= 0.3 is 0 Å². The van der Waals surface area contributed by atoms with E-state index in [-0.39, 0.29) is 17.9 Å². The summed E-state index contributed by atoms with van der Waals surface area (Å²) in [6.07, 6.45) is 1.11. The summed E-state index contributed by atoms with van der Waals surface area (Å²) in [6, 6.07) is 5.58. The number of carbonyl (C=O) groups is 2. The van der Waals surface area contributed by atoms with E-state index in [1.807, 2.05) is 39.0 Å².